The van der Waals surface area contributed by atoms with Gasteiger partial charge in [-0.25, -0.2) is 9.37 Å². The largest absolute Gasteiger partial charge is 0.310 e. The first-order valence-corrected chi connectivity index (χ1v) is 8.31. The van der Waals surface area contributed by atoms with Gasteiger partial charge < -0.3 is 4.98 Å². The fraction of sp³-hybridized carbons (Fsp3) is 0.421. The Hall–Kier alpha value is -2.52. The fourth-order valence-electron chi connectivity index (χ4n) is 2.98. The number of nitrogens with zero attached hydrogens (tertiary/aromatic N) is 3. The maximum Gasteiger partial charge on any atom is 0.255 e. The fourth-order valence-corrected chi connectivity index (χ4v) is 2.98. The molecule has 0 aliphatic carbocycles. The van der Waals surface area contributed by atoms with E-state index in [2.05, 4.69) is 14.9 Å². The quantitative estimate of drug-likeness (QED) is 0.912. The summed E-state index contributed by atoms with van der Waals surface area (Å²) in [4.78, 5) is 22.1. The number of hydrogen-bond donors (Lipinski definition) is 1. The second-order valence-corrected chi connectivity index (χ2v) is 7.48. The van der Waals surface area contributed by atoms with E-state index in [0.717, 1.165) is 17.8 Å². The average Bonchev–Trinajstić information content (AvgIpc) is 2.54. The van der Waals surface area contributed by atoms with Crippen LogP contribution in [-0.4, -0.2) is 21.4 Å². The molecule has 3 rings (SSSR count). The minimum Gasteiger partial charge on any atom is -0.310 e. The lowest BCUT2D eigenvalue weighted by Gasteiger charge is -2.29. The van der Waals surface area contributed by atoms with Crippen LogP contribution in [0.5, 0.6) is 0 Å². The highest BCUT2D eigenvalue weighted by atomic mass is 19.1. The van der Waals surface area contributed by atoms with Gasteiger partial charge in [0.2, 0.25) is 0 Å². The summed E-state index contributed by atoms with van der Waals surface area (Å²) < 4.78 is 13.8. The number of benzene rings is 1. The van der Waals surface area contributed by atoms with Crippen LogP contribution < -0.4 is 5.56 Å². The zero-order valence-electron chi connectivity index (χ0n) is 14.7. The molecule has 0 bridgehead atoms. The van der Waals surface area contributed by atoms with Crippen molar-refractivity contribution in [3.8, 4) is 6.07 Å². The second-order valence-electron chi connectivity index (χ2n) is 7.48. The molecule has 1 aromatic heterocycles. The summed E-state index contributed by atoms with van der Waals surface area (Å²) in [6.45, 7) is 7.84. The maximum atomic E-state index is 13.8. The van der Waals surface area contributed by atoms with E-state index in [9.17, 15) is 9.18 Å². The van der Waals surface area contributed by atoms with Crippen molar-refractivity contribution in [3.05, 3.63) is 62.6 Å². The number of fused-ring (bicyclic) bond motifs is 1. The van der Waals surface area contributed by atoms with Gasteiger partial charge in [-0.05, 0) is 17.7 Å². The number of nitrogens with one attached hydrogen (secondary N) is 1. The molecule has 0 saturated heterocycles. The highest BCUT2D eigenvalue weighted by Gasteiger charge is 2.24. The third-order valence-corrected chi connectivity index (χ3v) is 4.42. The van der Waals surface area contributed by atoms with Crippen LogP contribution in [0.3, 0.4) is 0 Å². The van der Waals surface area contributed by atoms with Gasteiger partial charge in [-0.2, -0.15) is 5.26 Å². The summed E-state index contributed by atoms with van der Waals surface area (Å²) in [5.74, 6) is 0.200. The maximum absolute atomic E-state index is 13.8. The van der Waals surface area contributed by atoms with Crippen LogP contribution in [0, 0.1) is 17.1 Å². The van der Waals surface area contributed by atoms with E-state index < -0.39 is 5.82 Å². The Bertz CT molecular complexity index is 905. The highest BCUT2D eigenvalue weighted by Crippen LogP contribution is 2.21. The Morgan fingerprint density at radius 1 is 1.40 bits per heavy atom. The number of halogens is 1. The molecule has 1 aliphatic heterocycles. The summed E-state index contributed by atoms with van der Waals surface area (Å²) in [6.07, 6.45) is 0.696. The topological polar surface area (TPSA) is 72.8 Å². The standard InChI is InChI=1S/C19H21FN4O/c1-19(2,3)18-22-16-6-7-24(11-14(16)17(25)23-18)10-12-4-5-13(9-21)15(20)8-12/h4-5,8H,6-7,10-11H2,1-3H3,(H,22,23,25). The van der Waals surface area contributed by atoms with Gasteiger partial charge in [0.1, 0.15) is 17.7 Å². The van der Waals surface area contributed by atoms with Gasteiger partial charge in [-0.15, -0.1) is 0 Å². The molecular formula is C19H21FN4O. The number of nitriles is 1. The first-order valence-electron chi connectivity index (χ1n) is 8.31. The Morgan fingerprint density at radius 2 is 2.16 bits per heavy atom. The third kappa shape index (κ3) is 3.62. The molecule has 1 aromatic carbocycles. The van der Waals surface area contributed by atoms with Crippen LogP contribution in [0.1, 0.15) is 49.0 Å². The van der Waals surface area contributed by atoms with Crippen molar-refractivity contribution in [1.82, 2.24) is 14.9 Å². The number of H-pyrrole nitrogens is 1. The van der Waals surface area contributed by atoms with Gasteiger partial charge in [0, 0.05) is 31.5 Å². The molecule has 6 heteroatoms. The zero-order chi connectivity index (χ0) is 18.2. The van der Waals surface area contributed by atoms with Crippen LogP contribution in [0.15, 0.2) is 23.0 Å². The zero-order valence-corrected chi connectivity index (χ0v) is 14.7. The molecule has 2 heterocycles. The van der Waals surface area contributed by atoms with Crippen molar-refractivity contribution in [2.45, 2.75) is 45.7 Å². The minimum atomic E-state index is -0.508. The summed E-state index contributed by atoms with van der Waals surface area (Å²) in [7, 11) is 0. The molecule has 5 nitrogen and oxygen atoms in total. The first-order chi connectivity index (χ1) is 11.8. The van der Waals surface area contributed by atoms with Crippen LogP contribution in [-0.2, 0) is 24.9 Å². The van der Waals surface area contributed by atoms with Crippen molar-refractivity contribution in [1.29, 1.82) is 5.26 Å². The predicted molar refractivity (Wildman–Crippen MR) is 92.5 cm³/mol. The molecule has 0 spiro atoms. The smallest absolute Gasteiger partial charge is 0.255 e. The van der Waals surface area contributed by atoms with E-state index in [1.807, 2.05) is 26.8 Å². The van der Waals surface area contributed by atoms with Gasteiger partial charge in [0.25, 0.3) is 5.56 Å². The number of aromatic nitrogens is 2. The molecule has 0 fully saturated rings. The van der Waals surface area contributed by atoms with Crippen molar-refractivity contribution < 1.29 is 4.39 Å². The highest BCUT2D eigenvalue weighted by molar-refractivity contribution is 5.33. The normalized spacial score (nSPS) is 14.8. The van der Waals surface area contributed by atoms with E-state index in [1.54, 1.807) is 6.07 Å². The lowest BCUT2D eigenvalue weighted by Crippen LogP contribution is -2.37. The van der Waals surface area contributed by atoms with E-state index in [1.165, 1.54) is 12.1 Å². The average molecular weight is 340 g/mol. The Morgan fingerprint density at radius 3 is 2.80 bits per heavy atom. The summed E-state index contributed by atoms with van der Waals surface area (Å²) in [6, 6.07) is 6.45. The SMILES string of the molecule is CC(C)(C)c1nc2c(c(=O)[nH]1)CN(Cc1ccc(C#N)c(F)c1)CC2. The molecule has 0 atom stereocenters. The van der Waals surface area contributed by atoms with Gasteiger partial charge in [0.05, 0.1) is 16.8 Å². The van der Waals surface area contributed by atoms with E-state index in [0.29, 0.717) is 30.9 Å². The van der Waals surface area contributed by atoms with Crippen LogP contribution in [0.4, 0.5) is 4.39 Å². The van der Waals surface area contributed by atoms with Crippen molar-refractivity contribution in [2.75, 3.05) is 6.54 Å². The molecule has 0 saturated carbocycles. The van der Waals surface area contributed by atoms with E-state index >= 15 is 0 Å². The summed E-state index contributed by atoms with van der Waals surface area (Å²) in [5.41, 5.74) is 2.08. The van der Waals surface area contributed by atoms with E-state index in [-0.39, 0.29) is 16.5 Å². The number of rotatable bonds is 2. The molecule has 0 amide bonds. The van der Waals surface area contributed by atoms with Crippen LogP contribution in [0.2, 0.25) is 0 Å². The molecule has 25 heavy (non-hydrogen) atoms. The van der Waals surface area contributed by atoms with Crippen molar-refractivity contribution >= 4 is 0 Å². The number of hydrogen-bond acceptors (Lipinski definition) is 4. The molecule has 0 radical (unpaired) electrons. The lowest BCUT2D eigenvalue weighted by atomic mass is 9.95. The van der Waals surface area contributed by atoms with Crippen LogP contribution in [0.25, 0.3) is 0 Å². The lowest BCUT2D eigenvalue weighted by molar-refractivity contribution is 0.240. The second kappa shape index (κ2) is 6.41. The van der Waals surface area contributed by atoms with Gasteiger partial charge in [0.15, 0.2) is 0 Å². The Labute approximate surface area is 146 Å². The van der Waals surface area contributed by atoms with Gasteiger partial charge in [-0.1, -0.05) is 26.8 Å². The molecule has 2 aromatic rings. The Kier molecular flexibility index (Phi) is 4.44. The van der Waals surface area contributed by atoms with Crippen molar-refractivity contribution in [3.63, 3.8) is 0 Å². The molecule has 0 unspecified atom stereocenters. The number of aromatic amines is 1. The first kappa shape index (κ1) is 17.3. The van der Waals surface area contributed by atoms with Gasteiger partial charge >= 0.3 is 0 Å². The molecular weight excluding hydrogens is 319 g/mol. The molecule has 1 N–H and O–H groups in total. The summed E-state index contributed by atoms with van der Waals surface area (Å²) in [5, 5.41) is 8.80. The summed E-state index contributed by atoms with van der Waals surface area (Å²) >= 11 is 0. The predicted octanol–water partition coefficient (Wildman–Crippen LogP) is 2.64. The van der Waals surface area contributed by atoms with Gasteiger partial charge in [-0.3, -0.25) is 9.69 Å². The van der Waals surface area contributed by atoms with E-state index in [4.69, 9.17) is 5.26 Å². The van der Waals surface area contributed by atoms with Crippen LogP contribution >= 0.6 is 0 Å². The minimum absolute atomic E-state index is 0.0445. The third-order valence-electron chi connectivity index (χ3n) is 4.42. The molecule has 130 valence electrons. The molecule has 1 aliphatic rings. The van der Waals surface area contributed by atoms with Crippen molar-refractivity contribution in [2.24, 2.45) is 0 Å². The monoisotopic (exact) mass is 340 g/mol. The Balaban J connectivity index is 1.81.